The molecule has 1 nitrogen and oxygen atoms in total. The first-order valence-electron chi connectivity index (χ1n) is 13.5. The maximum atomic E-state index is 13.2. The Balaban J connectivity index is 1.26. The van der Waals surface area contributed by atoms with Gasteiger partial charge in [0.2, 0.25) is 0 Å². The van der Waals surface area contributed by atoms with Gasteiger partial charge in [0.1, 0.15) is 6.07 Å². The van der Waals surface area contributed by atoms with E-state index in [0.29, 0.717) is 5.92 Å². The Morgan fingerprint density at radius 1 is 0.844 bits per heavy atom. The summed E-state index contributed by atoms with van der Waals surface area (Å²) in [5, 5.41) is 8.63. The maximum absolute atomic E-state index is 13.2. The first kappa shape index (κ1) is 25.0. The molecule has 0 radical (unpaired) electrons. The molecule has 3 rings (SSSR count). The molecule has 2 fully saturated rings. The van der Waals surface area contributed by atoms with Gasteiger partial charge in [0.25, 0.3) is 0 Å². The fourth-order valence-electron chi connectivity index (χ4n) is 6.19. The van der Waals surface area contributed by atoms with Crippen molar-refractivity contribution in [3.8, 4) is 6.07 Å². The van der Waals surface area contributed by atoms with Crippen LogP contribution in [0.2, 0.25) is 0 Å². The van der Waals surface area contributed by atoms with Crippen LogP contribution in [0.5, 0.6) is 0 Å². The lowest BCUT2D eigenvalue weighted by Gasteiger charge is -2.37. The zero-order valence-corrected chi connectivity index (χ0v) is 20.3. The van der Waals surface area contributed by atoms with Gasteiger partial charge >= 0.3 is 0 Å². The lowest BCUT2D eigenvalue weighted by molar-refractivity contribution is 0.151. The van der Waals surface area contributed by atoms with E-state index in [0.717, 1.165) is 30.6 Å². The summed E-state index contributed by atoms with van der Waals surface area (Å²) >= 11 is 0. The van der Waals surface area contributed by atoms with Crippen molar-refractivity contribution < 1.29 is 4.39 Å². The summed E-state index contributed by atoms with van der Waals surface area (Å²) in [5.74, 6) is 2.38. The third-order valence-electron chi connectivity index (χ3n) is 8.28. The van der Waals surface area contributed by atoms with Gasteiger partial charge in [-0.2, -0.15) is 9.65 Å². The molecule has 0 N–H and O–H groups in total. The lowest BCUT2D eigenvalue weighted by Crippen LogP contribution is -2.25. The summed E-state index contributed by atoms with van der Waals surface area (Å²) < 4.78 is 13.2. The smallest absolute Gasteiger partial charge is 0.195 e. The summed E-state index contributed by atoms with van der Waals surface area (Å²) in [5.41, 5.74) is 3.01. The van der Waals surface area contributed by atoms with Gasteiger partial charge in [-0.05, 0) is 105 Å². The van der Waals surface area contributed by atoms with Crippen molar-refractivity contribution in [3.63, 3.8) is 0 Å². The number of hydrogen-bond acceptors (Lipinski definition) is 1. The van der Waals surface area contributed by atoms with Gasteiger partial charge in [0.15, 0.2) is 5.83 Å². The van der Waals surface area contributed by atoms with Crippen molar-refractivity contribution in [1.82, 2.24) is 0 Å². The maximum Gasteiger partial charge on any atom is 0.196 e. The summed E-state index contributed by atoms with van der Waals surface area (Å²) in [7, 11) is 0. The standard InChI is InChI=1S/C30H44FN/c1-2-3-4-7-24-10-12-25(13-11-24)8-5-6-9-26-14-18-28(19-15-26)29-20-16-27(17-21-29)22-30(31)23-32/h10-13,22,26-29H,2-9,14-21H2,1H3/b30-22+. The molecule has 0 heterocycles. The molecule has 0 bridgehead atoms. The zero-order chi connectivity index (χ0) is 22.6. The van der Waals surface area contributed by atoms with Gasteiger partial charge in [-0.1, -0.05) is 69.7 Å². The fraction of sp³-hybridized carbons (Fsp3) is 0.700. The van der Waals surface area contributed by atoms with E-state index in [1.165, 1.54) is 101 Å². The summed E-state index contributed by atoms with van der Waals surface area (Å²) in [6.07, 6.45) is 22.3. The molecular weight excluding hydrogens is 393 g/mol. The first-order chi connectivity index (χ1) is 15.7. The number of nitrogens with zero attached hydrogens (tertiary/aromatic N) is 1. The van der Waals surface area contributed by atoms with E-state index in [-0.39, 0.29) is 0 Å². The van der Waals surface area contributed by atoms with Crippen LogP contribution in [0.4, 0.5) is 4.39 Å². The third kappa shape index (κ3) is 8.38. The minimum Gasteiger partial charge on any atom is -0.195 e. The molecule has 0 unspecified atom stereocenters. The van der Waals surface area contributed by atoms with Crippen LogP contribution in [-0.2, 0) is 12.8 Å². The number of allylic oxidation sites excluding steroid dienone is 2. The quantitative estimate of drug-likeness (QED) is 0.250. The highest BCUT2D eigenvalue weighted by Gasteiger charge is 2.30. The van der Waals surface area contributed by atoms with Crippen molar-refractivity contribution in [2.75, 3.05) is 0 Å². The predicted octanol–water partition coefficient (Wildman–Crippen LogP) is 9.12. The van der Waals surface area contributed by atoms with Crippen LogP contribution < -0.4 is 0 Å². The van der Waals surface area contributed by atoms with Crippen LogP contribution in [0.3, 0.4) is 0 Å². The Morgan fingerprint density at radius 2 is 1.38 bits per heavy atom. The summed E-state index contributed by atoms with van der Waals surface area (Å²) in [6, 6.07) is 11.0. The van der Waals surface area contributed by atoms with E-state index in [1.807, 2.05) is 0 Å². The Labute approximate surface area is 196 Å². The van der Waals surface area contributed by atoms with Crippen molar-refractivity contribution in [2.24, 2.45) is 23.7 Å². The van der Waals surface area contributed by atoms with Crippen LogP contribution in [0.25, 0.3) is 0 Å². The molecule has 0 amide bonds. The molecule has 0 aromatic heterocycles. The highest BCUT2D eigenvalue weighted by atomic mass is 19.1. The summed E-state index contributed by atoms with van der Waals surface area (Å²) in [4.78, 5) is 0. The van der Waals surface area contributed by atoms with E-state index in [1.54, 1.807) is 12.1 Å². The third-order valence-corrected chi connectivity index (χ3v) is 8.28. The van der Waals surface area contributed by atoms with Gasteiger partial charge in [-0.15, -0.1) is 0 Å². The SMILES string of the molecule is CCCCCc1ccc(CCCCC2CCC(C3CCC(/C=C(/F)C#N)CC3)CC2)cc1. The van der Waals surface area contributed by atoms with Gasteiger partial charge in [0, 0.05) is 0 Å². The minimum absolute atomic E-state index is 0.291. The second-order valence-electron chi connectivity index (χ2n) is 10.6. The van der Waals surface area contributed by atoms with E-state index in [4.69, 9.17) is 5.26 Å². The van der Waals surface area contributed by atoms with Crippen LogP contribution >= 0.6 is 0 Å². The van der Waals surface area contributed by atoms with Crippen LogP contribution in [0.15, 0.2) is 36.2 Å². The second kappa shape index (κ2) is 13.8. The number of nitriles is 1. The fourth-order valence-corrected chi connectivity index (χ4v) is 6.19. The molecule has 0 spiro atoms. The average molecular weight is 438 g/mol. The molecule has 176 valence electrons. The Hall–Kier alpha value is -1.62. The molecule has 2 heteroatoms. The van der Waals surface area contributed by atoms with E-state index in [2.05, 4.69) is 31.2 Å². The highest BCUT2D eigenvalue weighted by molar-refractivity contribution is 5.22. The average Bonchev–Trinajstić information content (AvgIpc) is 2.84. The molecule has 2 saturated carbocycles. The largest absolute Gasteiger partial charge is 0.196 e. The number of rotatable bonds is 11. The number of hydrogen-bond donors (Lipinski definition) is 0. The molecule has 0 aliphatic heterocycles. The van der Waals surface area contributed by atoms with Crippen LogP contribution in [0.1, 0.15) is 108 Å². The zero-order valence-electron chi connectivity index (χ0n) is 20.3. The van der Waals surface area contributed by atoms with Crippen molar-refractivity contribution in [2.45, 2.75) is 110 Å². The molecule has 1 aromatic rings. The lowest BCUT2D eigenvalue weighted by atomic mass is 9.68. The number of benzene rings is 1. The topological polar surface area (TPSA) is 23.8 Å². The van der Waals surface area contributed by atoms with Gasteiger partial charge in [-0.3, -0.25) is 0 Å². The van der Waals surface area contributed by atoms with Crippen molar-refractivity contribution in [1.29, 1.82) is 5.26 Å². The molecular formula is C30H44FN. The van der Waals surface area contributed by atoms with Gasteiger partial charge in [-0.25, -0.2) is 0 Å². The van der Waals surface area contributed by atoms with E-state index in [9.17, 15) is 4.39 Å². The molecule has 0 atom stereocenters. The first-order valence-corrected chi connectivity index (χ1v) is 13.5. The normalized spacial score (nSPS) is 26.6. The Bertz CT molecular complexity index is 712. The summed E-state index contributed by atoms with van der Waals surface area (Å²) in [6.45, 7) is 2.27. The van der Waals surface area contributed by atoms with Gasteiger partial charge < -0.3 is 0 Å². The Morgan fingerprint density at radius 3 is 1.91 bits per heavy atom. The minimum atomic E-state index is -0.589. The van der Waals surface area contributed by atoms with Crippen LogP contribution in [-0.4, -0.2) is 0 Å². The number of halogens is 1. The van der Waals surface area contributed by atoms with E-state index >= 15 is 0 Å². The predicted molar refractivity (Wildman–Crippen MR) is 133 cm³/mol. The van der Waals surface area contributed by atoms with Crippen molar-refractivity contribution in [3.05, 3.63) is 47.3 Å². The Kier molecular flexibility index (Phi) is 10.8. The molecule has 1 aromatic carbocycles. The molecule has 0 saturated heterocycles. The van der Waals surface area contributed by atoms with Crippen LogP contribution in [0, 0.1) is 35.0 Å². The van der Waals surface area contributed by atoms with Gasteiger partial charge in [0.05, 0.1) is 0 Å². The molecule has 2 aliphatic rings. The number of aryl methyl sites for hydroxylation is 2. The number of unbranched alkanes of at least 4 members (excludes halogenated alkanes) is 3. The highest BCUT2D eigenvalue weighted by Crippen LogP contribution is 2.42. The second-order valence-corrected chi connectivity index (χ2v) is 10.6. The monoisotopic (exact) mass is 437 g/mol. The molecule has 32 heavy (non-hydrogen) atoms. The molecule has 2 aliphatic carbocycles. The van der Waals surface area contributed by atoms with E-state index < -0.39 is 5.83 Å². The van der Waals surface area contributed by atoms with Crippen molar-refractivity contribution >= 4 is 0 Å².